The van der Waals surface area contributed by atoms with E-state index in [0.717, 1.165) is 11.3 Å². The van der Waals surface area contributed by atoms with E-state index in [1.54, 1.807) is 0 Å². The van der Waals surface area contributed by atoms with Gasteiger partial charge in [-0.1, -0.05) is 13.8 Å². The summed E-state index contributed by atoms with van der Waals surface area (Å²) in [6.45, 7) is 10.5. The Morgan fingerprint density at radius 3 is 2.86 bits per heavy atom. The van der Waals surface area contributed by atoms with Crippen molar-refractivity contribution in [1.82, 2.24) is 10.2 Å². The molecule has 0 aromatic rings. The molecule has 0 radical (unpaired) electrons. The summed E-state index contributed by atoms with van der Waals surface area (Å²) < 4.78 is 0. The quantitative estimate of drug-likeness (QED) is 0.771. The van der Waals surface area contributed by atoms with Gasteiger partial charge >= 0.3 is 0 Å². The molecular formula is C11H24N2S. The van der Waals surface area contributed by atoms with Crippen LogP contribution in [0.1, 0.15) is 27.2 Å². The first kappa shape index (κ1) is 12.3. The van der Waals surface area contributed by atoms with Gasteiger partial charge in [0.15, 0.2) is 0 Å². The minimum absolute atomic E-state index is 0.659. The largest absolute Gasteiger partial charge is 0.311 e. The first-order chi connectivity index (χ1) is 6.67. The summed E-state index contributed by atoms with van der Waals surface area (Å²) in [5, 5.41) is 4.31. The van der Waals surface area contributed by atoms with E-state index >= 15 is 0 Å². The Morgan fingerprint density at radius 2 is 2.29 bits per heavy atom. The van der Waals surface area contributed by atoms with Gasteiger partial charge in [-0.25, -0.2) is 0 Å². The summed E-state index contributed by atoms with van der Waals surface area (Å²) in [4.78, 5) is 2.66. The predicted octanol–water partition coefficient (Wildman–Crippen LogP) is 1.81. The van der Waals surface area contributed by atoms with Crippen LogP contribution >= 0.6 is 11.8 Å². The van der Waals surface area contributed by atoms with Gasteiger partial charge in [-0.2, -0.15) is 11.8 Å². The number of hydrogen-bond acceptors (Lipinski definition) is 3. The van der Waals surface area contributed by atoms with Gasteiger partial charge in [0.1, 0.15) is 0 Å². The van der Waals surface area contributed by atoms with Crippen LogP contribution in [-0.4, -0.2) is 48.1 Å². The lowest BCUT2D eigenvalue weighted by Gasteiger charge is -2.40. The van der Waals surface area contributed by atoms with Crippen molar-refractivity contribution in [1.29, 1.82) is 0 Å². The molecule has 1 fully saturated rings. The van der Waals surface area contributed by atoms with Gasteiger partial charge in [0.2, 0.25) is 0 Å². The van der Waals surface area contributed by atoms with Gasteiger partial charge in [0.05, 0.1) is 0 Å². The van der Waals surface area contributed by atoms with E-state index in [4.69, 9.17) is 0 Å². The van der Waals surface area contributed by atoms with Crippen LogP contribution in [0.15, 0.2) is 0 Å². The third-order valence-corrected chi connectivity index (χ3v) is 4.05. The van der Waals surface area contributed by atoms with Crippen LogP contribution in [0, 0.1) is 0 Å². The lowest BCUT2D eigenvalue weighted by atomic mass is 10.1. The molecule has 14 heavy (non-hydrogen) atoms. The summed E-state index contributed by atoms with van der Waals surface area (Å²) in [6, 6.07) is 1.41. The third kappa shape index (κ3) is 3.44. The second kappa shape index (κ2) is 5.99. The number of rotatable bonds is 4. The molecule has 0 aliphatic carbocycles. The van der Waals surface area contributed by atoms with Gasteiger partial charge < -0.3 is 5.32 Å². The van der Waals surface area contributed by atoms with Crippen LogP contribution in [-0.2, 0) is 0 Å². The predicted molar refractivity (Wildman–Crippen MR) is 66.1 cm³/mol. The normalized spacial score (nSPS) is 31.7. The Balaban J connectivity index is 2.44. The van der Waals surface area contributed by atoms with E-state index in [2.05, 4.69) is 37.2 Å². The van der Waals surface area contributed by atoms with E-state index in [0.29, 0.717) is 6.04 Å². The topological polar surface area (TPSA) is 15.3 Å². The molecule has 3 unspecified atom stereocenters. The molecule has 0 saturated carbocycles. The molecular weight excluding hydrogens is 192 g/mol. The maximum absolute atomic E-state index is 3.56. The number of hydrogen-bond donors (Lipinski definition) is 1. The number of nitrogens with zero attached hydrogens (tertiary/aromatic N) is 1. The van der Waals surface area contributed by atoms with Gasteiger partial charge in [-0.05, 0) is 19.6 Å². The zero-order valence-corrected chi connectivity index (χ0v) is 10.7. The second-order valence-electron chi connectivity index (χ2n) is 4.37. The Labute approximate surface area is 92.8 Å². The smallest absolute Gasteiger partial charge is 0.0219 e. The van der Waals surface area contributed by atoms with E-state index in [9.17, 15) is 0 Å². The SMILES string of the molecule is CCC1CNC(C)CN1CC(C)SC. The molecule has 2 nitrogen and oxygen atoms in total. The van der Waals surface area contributed by atoms with Crippen LogP contribution < -0.4 is 5.32 Å². The van der Waals surface area contributed by atoms with Crippen LogP contribution in [0.3, 0.4) is 0 Å². The zero-order valence-electron chi connectivity index (χ0n) is 9.92. The fourth-order valence-electron chi connectivity index (χ4n) is 2.06. The minimum Gasteiger partial charge on any atom is -0.311 e. The highest BCUT2D eigenvalue weighted by molar-refractivity contribution is 7.99. The fourth-order valence-corrected chi connectivity index (χ4v) is 2.40. The van der Waals surface area contributed by atoms with E-state index in [1.807, 2.05) is 11.8 Å². The Morgan fingerprint density at radius 1 is 1.57 bits per heavy atom. The second-order valence-corrected chi connectivity index (χ2v) is 5.65. The minimum atomic E-state index is 0.659. The van der Waals surface area contributed by atoms with Gasteiger partial charge in [0, 0.05) is 37.0 Å². The third-order valence-electron chi connectivity index (χ3n) is 3.09. The zero-order chi connectivity index (χ0) is 10.6. The average molecular weight is 216 g/mol. The van der Waals surface area contributed by atoms with Crippen molar-refractivity contribution >= 4 is 11.8 Å². The maximum Gasteiger partial charge on any atom is 0.0219 e. The molecule has 1 aliphatic rings. The van der Waals surface area contributed by atoms with Crippen molar-refractivity contribution in [2.24, 2.45) is 0 Å². The maximum atomic E-state index is 3.56. The lowest BCUT2D eigenvalue weighted by Crippen LogP contribution is -2.56. The van der Waals surface area contributed by atoms with Crippen LogP contribution in [0.4, 0.5) is 0 Å². The molecule has 3 atom stereocenters. The van der Waals surface area contributed by atoms with Crippen LogP contribution in [0.5, 0.6) is 0 Å². The van der Waals surface area contributed by atoms with E-state index in [1.165, 1.54) is 26.1 Å². The van der Waals surface area contributed by atoms with E-state index < -0.39 is 0 Å². The summed E-state index contributed by atoms with van der Waals surface area (Å²) in [5.74, 6) is 0. The van der Waals surface area contributed by atoms with Crippen LogP contribution in [0.2, 0.25) is 0 Å². The van der Waals surface area contributed by atoms with Crippen molar-refractivity contribution in [3.8, 4) is 0 Å². The molecule has 84 valence electrons. The molecule has 0 aromatic carbocycles. The molecule has 1 aliphatic heterocycles. The highest BCUT2D eigenvalue weighted by Gasteiger charge is 2.24. The highest BCUT2D eigenvalue weighted by atomic mass is 32.2. The molecule has 1 rings (SSSR count). The summed E-state index contributed by atoms with van der Waals surface area (Å²) in [7, 11) is 0. The average Bonchev–Trinajstić information content (AvgIpc) is 2.18. The lowest BCUT2D eigenvalue weighted by molar-refractivity contribution is 0.134. The molecule has 0 bridgehead atoms. The first-order valence-corrected chi connectivity index (χ1v) is 6.96. The molecule has 1 heterocycles. The Kier molecular flexibility index (Phi) is 5.28. The van der Waals surface area contributed by atoms with E-state index in [-0.39, 0.29) is 0 Å². The van der Waals surface area contributed by atoms with Crippen molar-refractivity contribution in [3.05, 3.63) is 0 Å². The Bertz CT molecular complexity index is 163. The van der Waals surface area contributed by atoms with Crippen LogP contribution in [0.25, 0.3) is 0 Å². The molecule has 3 heteroatoms. The standard InChI is InChI=1S/C11H24N2S/c1-5-11-6-12-9(2)7-13(11)8-10(3)14-4/h9-12H,5-8H2,1-4H3. The fraction of sp³-hybridized carbons (Fsp3) is 1.00. The number of piperazine rings is 1. The molecule has 1 saturated heterocycles. The number of nitrogens with one attached hydrogen (secondary N) is 1. The van der Waals surface area contributed by atoms with Crippen molar-refractivity contribution in [2.75, 3.05) is 25.9 Å². The molecule has 1 N–H and O–H groups in total. The first-order valence-electron chi connectivity index (χ1n) is 5.67. The highest BCUT2D eigenvalue weighted by Crippen LogP contribution is 2.14. The summed E-state index contributed by atoms with van der Waals surface area (Å²) in [6.07, 6.45) is 3.47. The molecule has 0 aromatic heterocycles. The van der Waals surface area contributed by atoms with Crippen molar-refractivity contribution < 1.29 is 0 Å². The summed E-state index contributed by atoms with van der Waals surface area (Å²) in [5.41, 5.74) is 0. The van der Waals surface area contributed by atoms with Crippen molar-refractivity contribution in [2.45, 2.75) is 44.5 Å². The Hall–Kier alpha value is 0.270. The van der Waals surface area contributed by atoms with Gasteiger partial charge in [0.25, 0.3) is 0 Å². The molecule has 0 amide bonds. The van der Waals surface area contributed by atoms with Gasteiger partial charge in [-0.15, -0.1) is 0 Å². The van der Waals surface area contributed by atoms with Crippen molar-refractivity contribution in [3.63, 3.8) is 0 Å². The molecule has 0 spiro atoms. The summed E-state index contributed by atoms with van der Waals surface area (Å²) >= 11 is 1.97. The monoisotopic (exact) mass is 216 g/mol. The number of thioether (sulfide) groups is 1. The van der Waals surface area contributed by atoms with Gasteiger partial charge in [-0.3, -0.25) is 4.90 Å².